The van der Waals surface area contributed by atoms with Gasteiger partial charge in [0.1, 0.15) is 0 Å². The molecule has 0 aromatic heterocycles. The third-order valence-electron chi connectivity index (χ3n) is 5.02. The average molecular weight is 344 g/mol. The maximum Gasteiger partial charge on any atom is 0.413 e. The van der Waals surface area contributed by atoms with Crippen LogP contribution in [0.25, 0.3) is 0 Å². The summed E-state index contributed by atoms with van der Waals surface area (Å²) >= 11 is 0. The Bertz CT molecular complexity index is 727. The minimum atomic E-state index is -0.924. The van der Waals surface area contributed by atoms with Gasteiger partial charge in [0.15, 0.2) is 0 Å². The Hall–Kier alpha value is -2.83. The van der Waals surface area contributed by atoms with Crippen molar-refractivity contribution in [3.05, 3.63) is 36.4 Å². The van der Waals surface area contributed by atoms with Crippen LogP contribution in [0.1, 0.15) is 6.42 Å². The molecule has 1 fully saturated rings. The summed E-state index contributed by atoms with van der Waals surface area (Å²) < 4.78 is 4.65. The van der Waals surface area contributed by atoms with Gasteiger partial charge in [-0.2, -0.15) is 0 Å². The van der Waals surface area contributed by atoms with E-state index in [0.29, 0.717) is 11.4 Å². The van der Waals surface area contributed by atoms with Crippen molar-refractivity contribution in [2.24, 2.45) is 23.7 Å². The SMILES string of the molecule is COC(=O)N(C)c1ccc(NC(=O)[C@@H]2[C@H](C(=O)O)[C@H]3C=C[C@H]2C3)cc1. The molecule has 0 unspecified atom stereocenters. The molecule has 132 valence electrons. The smallest absolute Gasteiger partial charge is 0.413 e. The molecule has 7 nitrogen and oxygen atoms in total. The fraction of sp³-hybridized carbons (Fsp3) is 0.389. The lowest BCUT2D eigenvalue weighted by Crippen LogP contribution is -2.36. The Morgan fingerprint density at radius 1 is 1.12 bits per heavy atom. The monoisotopic (exact) mass is 344 g/mol. The van der Waals surface area contributed by atoms with Crippen molar-refractivity contribution in [2.45, 2.75) is 6.42 Å². The topological polar surface area (TPSA) is 95.9 Å². The number of aliphatic carboxylic acids is 1. The number of methoxy groups -OCH3 is 1. The van der Waals surface area contributed by atoms with Crippen LogP contribution in [0.5, 0.6) is 0 Å². The number of hydrogen-bond acceptors (Lipinski definition) is 4. The second-order valence-electron chi connectivity index (χ2n) is 6.40. The number of carboxylic acid groups (broad SMARTS) is 1. The molecule has 0 spiro atoms. The van der Waals surface area contributed by atoms with Crippen LogP contribution < -0.4 is 10.2 Å². The van der Waals surface area contributed by atoms with Gasteiger partial charge >= 0.3 is 12.1 Å². The molecule has 2 bridgehead atoms. The van der Waals surface area contributed by atoms with Gasteiger partial charge in [-0.15, -0.1) is 0 Å². The number of fused-ring (bicyclic) bond motifs is 2. The van der Waals surface area contributed by atoms with Crippen molar-refractivity contribution in [2.75, 3.05) is 24.4 Å². The predicted molar refractivity (Wildman–Crippen MR) is 91.2 cm³/mol. The van der Waals surface area contributed by atoms with Gasteiger partial charge in [-0.3, -0.25) is 14.5 Å². The van der Waals surface area contributed by atoms with Crippen molar-refractivity contribution in [3.8, 4) is 0 Å². The Morgan fingerprint density at radius 3 is 2.28 bits per heavy atom. The number of nitrogens with one attached hydrogen (secondary N) is 1. The highest BCUT2D eigenvalue weighted by atomic mass is 16.5. The minimum absolute atomic E-state index is 0.0177. The first-order valence-electron chi connectivity index (χ1n) is 8.06. The Balaban J connectivity index is 1.70. The van der Waals surface area contributed by atoms with Gasteiger partial charge in [0, 0.05) is 18.4 Å². The highest BCUT2D eigenvalue weighted by molar-refractivity contribution is 5.96. The summed E-state index contributed by atoms with van der Waals surface area (Å²) in [7, 11) is 2.88. The third kappa shape index (κ3) is 3.09. The molecule has 0 heterocycles. The first-order valence-corrected chi connectivity index (χ1v) is 8.06. The number of benzene rings is 1. The largest absolute Gasteiger partial charge is 0.481 e. The summed E-state index contributed by atoms with van der Waals surface area (Å²) in [5.74, 6) is -2.50. The van der Waals surface area contributed by atoms with Crippen molar-refractivity contribution < 1.29 is 24.2 Å². The second-order valence-corrected chi connectivity index (χ2v) is 6.40. The normalized spacial score (nSPS) is 26.3. The third-order valence-corrected chi connectivity index (χ3v) is 5.02. The molecule has 1 aromatic carbocycles. The summed E-state index contributed by atoms with van der Waals surface area (Å²) in [6, 6.07) is 6.71. The molecule has 0 saturated heterocycles. The molecule has 2 aliphatic carbocycles. The lowest BCUT2D eigenvalue weighted by atomic mass is 9.82. The maximum absolute atomic E-state index is 12.6. The van der Waals surface area contributed by atoms with E-state index in [4.69, 9.17) is 0 Å². The van der Waals surface area contributed by atoms with Crippen LogP contribution in [0.3, 0.4) is 0 Å². The molecule has 1 aromatic rings. The summed E-state index contributed by atoms with van der Waals surface area (Å²) in [4.78, 5) is 36.9. The molecule has 4 atom stereocenters. The van der Waals surface area contributed by atoms with E-state index in [2.05, 4.69) is 10.1 Å². The first kappa shape index (κ1) is 17.0. The zero-order valence-corrected chi connectivity index (χ0v) is 14.0. The lowest BCUT2D eigenvalue weighted by Gasteiger charge is -2.24. The molecule has 25 heavy (non-hydrogen) atoms. The lowest BCUT2D eigenvalue weighted by molar-refractivity contribution is -0.146. The van der Waals surface area contributed by atoms with E-state index in [-0.39, 0.29) is 17.7 Å². The number of carboxylic acids is 1. The van der Waals surface area contributed by atoms with Gasteiger partial charge in [0.2, 0.25) is 5.91 Å². The van der Waals surface area contributed by atoms with E-state index in [1.54, 1.807) is 31.3 Å². The van der Waals surface area contributed by atoms with Crippen LogP contribution in [0, 0.1) is 23.7 Å². The van der Waals surface area contributed by atoms with E-state index in [0.717, 1.165) is 6.42 Å². The van der Waals surface area contributed by atoms with Crippen LogP contribution in [0.15, 0.2) is 36.4 Å². The molecule has 2 amide bonds. The van der Waals surface area contributed by atoms with Crippen LogP contribution in [-0.4, -0.2) is 37.2 Å². The van der Waals surface area contributed by atoms with Crippen LogP contribution in [0.2, 0.25) is 0 Å². The fourth-order valence-electron chi connectivity index (χ4n) is 3.75. The van der Waals surface area contributed by atoms with Crippen molar-refractivity contribution >= 4 is 29.3 Å². The van der Waals surface area contributed by atoms with E-state index >= 15 is 0 Å². The quantitative estimate of drug-likeness (QED) is 0.818. The number of rotatable bonds is 4. The molecular weight excluding hydrogens is 324 g/mol. The average Bonchev–Trinajstić information content (AvgIpc) is 3.22. The number of amides is 2. The molecular formula is C18H20N2O5. The van der Waals surface area contributed by atoms with Crippen molar-refractivity contribution in [3.63, 3.8) is 0 Å². The van der Waals surface area contributed by atoms with Crippen LogP contribution in [-0.2, 0) is 14.3 Å². The summed E-state index contributed by atoms with van der Waals surface area (Å²) in [5.41, 5.74) is 1.18. The summed E-state index contributed by atoms with van der Waals surface area (Å²) in [6.45, 7) is 0. The Labute approximate surface area is 145 Å². The molecule has 2 aliphatic rings. The maximum atomic E-state index is 12.6. The standard InChI is InChI=1S/C18H20N2O5/c1-20(18(24)25-2)13-7-5-12(6-8-13)19-16(21)14-10-3-4-11(9-10)15(14)17(22)23/h3-8,10-11,14-15H,9H2,1-2H3,(H,19,21)(H,22,23)/t10-,11-,14-,15+/m0/s1. The summed E-state index contributed by atoms with van der Waals surface area (Å²) in [5, 5.41) is 12.2. The number of allylic oxidation sites excluding steroid dienone is 2. The van der Waals surface area contributed by atoms with E-state index in [1.807, 2.05) is 12.2 Å². The molecule has 3 rings (SSSR count). The van der Waals surface area contributed by atoms with Crippen LogP contribution in [0.4, 0.5) is 16.2 Å². The van der Waals surface area contributed by atoms with E-state index < -0.39 is 23.9 Å². The van der Waals surface area contributed by atoms with Gasteiger partial charge in [0.25, 0.3) is 0 Å². The zero-order valence-electron chi connectivity index (χ0n) is 14.0. The van der Waals surface area contributed by atoms with Crippen molar-refractivity contribution in [1.29, 1.82) is 0 Å². The molecule has 1 saturated carbocycles. The van der Waals surface area contributed by atoms with Crippen molar-refractivity contribution in [1.82, 2.24) is 0 Å². The highest BCUT2D eigenvalue weighted by Gasteiger charge is 2.51. The summed E-state index contributed by atoms with van der Waals surface area (Å²) in [6.07, 6.45) is 4.08. The zero-order chi connectivity index (χ0) is 18.1. The van der Waals surface area contributed by atoms with E-state index in [9.17, 15) is 19.5 Å². The number of nitrogens with zero attached hydrogens (tertiary/aromatic N) is 1. The van der Waals surface area contributed by atoms with Gasteiger partial charge in [-0.05, 0) is 42.5 Å². The fourth-order valence-corrected chi connectivity index (χ4v) is 3.75. The molecule has 0 aliphatic heterocycles. The predicted octanol–water partition coefficient (Wildman–Crippen LogP) is 2.35. The highest BCUT2D eigenvalue weighted by Crippen LogP contribution is 2.48. The minimum Gasteiger partial charge on any atom is -0.481 e. The number of carbonyl (C=O) groups is 3. The Morgan fingerprint density at radius 2 is 1.72 bits per heavy atom. The van der Waals surface area contributed by atoms with E-state index in [1.165, 1.54) is 12.0 Å². The number of hydrogen-bond donors (Lipinski definition) is 2. The van der Waals surface area contributed by atoms with Gasteiger partial charge in [-0.1, -0.05) is 12.2 Å². The number of carbonyl (C=O) groups excluding carboxylic acids is 2. The van der Waals surface area contributed by atoms with Crippen LogP contribution >= 0.6 is 0 Å². The Kier molecular flexibility index (Phi) is 4.48. The number of anilines is 2. The first-order chi connectivity index (χ1) is 11.9. The second kappa shape index (κ2) is 6.58. The number of ether oxygens (including phenoxy) is 1. The van der Waals surface area contributed by atoms with Gasteiger partial charge < -0.3 is 15.2 Å². The van der Waals surface area contributed by atoms with Gasteiger partial charge in [0.05, 0.1) is 18.9 Å². The van der Waals surface area contributed by atoms with Gasteiger partial charge in [-0.25, -0.2) is 4.79 Å². The molecule has 7 heteroatoms. The molecule has 2 N–H and O–H groups in total. The molecule has 0 radical (unpaired) electrons.